The molecule has 2 aliphatic heterocycles. The van der Waals surface area contributed by atoms with Crippen LogP contribution in [0.2, 0.25) is 0 Å². The molecule has 1 amide bonds. The van der Waals surface area contributed by atoms with E-state index in [-0.39, 0.29) is 23.6 Å². The number of phenols is 1. The lowest BCUT2D eigenvalue weighted by molar-refractivity contribution is -0.137. The Balaban J connectivity index is 1.48. The Morgan fingerprint density at radius 1 is 1.20 bits per heavy atom. The topological polar surface area (TPSA) is 93.4 Å². The Kier molecular flexibility index (Phi) is 6.46. The molecule has 2 N–H and O–H groups in total. The van der Waals surface area contributed by atoms with E-state index in [1.54, 1.807) is 6.07 Å². The van der Waals surface area contributed by atoms with Gasteiger partial charge in [-0.05, 0) is 92.0 Å². The highest BCUT2D eigenvalue weighted by atomic mass is 32.3. The monoisotopic (exact) mass is 503 g/mol. The predicted octanol–water partition coefficient (Wildman–Crippen LogP) is 3.80. The number of nitroso groups, excluding NO2 is 1. The van der Waals surface area contributed by atoms with Crippen molar-refractivity contribution in [3.63, 3.8) is 0 Å². The SMILES string of the molecule is CCc1ccc(O)cc1C12CCN(CC3CC3)C(C)C1(O)CC(C(=O)N1CCS(C)(N=O)CC1)C2. The number of carbonyl (C=O) groups is 1. The number of piperidine rings is 1. The van der Waals surface area contributed by atoms with Crippen molar-refractivity contribution in [3.05, 3.63) is 34.2 Å². The molecule has 4 aliphatic rings. The number of amides is 1. The van der Waals surface area contributed by atoms with Crippen LogP contribution in [0.4, 0.5) is 0 Å². The van der Waals surface area contributed by atoms with Crippen LogP contribution in [-0.4, -0.2) is 81.5 Å². The van der Waals surface area contributed by atoms with Gasteiger partial charge in [-0.2, -0.15) is 0 Å². The number of carbonyl (C=O) groups excluding carboxylic acids is 1. The van der Waals surface area contributed by atoms with Crippen LogP contribution in [0.1, 0.15) is 57.1 Å². The first-order valence-corrected chi connectivity index (χ1v) is 15.6. The van der Waals surface area contributed by atoms with E-state index in [9.17, 15) is 19.9 Å². The molecule has 1 aromatic rings. The fourth-order valence-corrected chi connectivity index (χ4v) is 8.77. The number of rotatable bonds is 6. The molecule has 0 spiro atoms. The van der Waals surface area contributed by atoms with Gasteiger partial charge in [-0.15, -0.1) is 15.1 Å². The molecule has 4 fully saturated rings. The molecule has 0 bridgehead atoms. The quantitative estimate of drug-likeness (QED) is 0.576. The lowest BCUT2D eigenvalue weighted by Crippen LogP contribution is -2.65. The maximum Gasteiger partial charge on any atom is 0.225 e. The average Bonchev–Trinajstić information content (AvgIpc) is 3.62. The molecule has 35 heavy (non-hydrogen) atoms. The van der Waals surface area contributed by atoms with Gasteiger partial charge < -0.3 is 15.1 Å². The van der Waals surface area contributed by atoms with Crippen molar-refractivity contribution in [2.45, 2.75) is 69.4 Å². The minimum absolute atomic E-state index is 0.0601. The fourth-order valence-electron chi connectivity index (χ4n) is 7.19. The van der Waals surface area contributed by atoms with Crippen LogP contribution < -0.4 is 0 Å². The van der Waals surface area contributed by atoms with Gasteiger partial charge in [0.1, 0.15) is 5.75 Å². The zero-order valence-corrected chi connectivity index (χ0v) is 22.2. The van der Waals surface area contributed by atoms with E-state index >= 15 is 0 Å². The number of aromatic hydroxyl groups is 1. The minimum Gasteiger partial charge on any atom is -0.508 e. The van der Waals surface area contributed by atoms with E-state index in [1.165, 1.54) is 12.8 Å². The number of aryl methyl sites for hydroxylation is 1. The molecule has 2 saturated heterocycles. The molecule has 2 saturated carbocycles. The third-order valence-electron chi connectivity index (χ3n) is 9.67. The first-order valence-electron chi connectivity index (χ1n) is 13.3. The van der Waals surface area contributed by atoms with E-state index < -0.39 is 21.2 Å². The molecule has 7 nitrogen and oxygen atoms in total. The zero-order valence-electron chi connectivity index (χ0n) is 21.4. The van der Waals surface area contributed by atoms with Crippen LogP contribution >= 0.6 is 10.2 Å². The van der Waals surface area contributed by atoms with Gasteiger partial charge in [0, 0.05) is 48.5 Å². The van der Waals surface area contributed by atoms with Crippen molar-refractivity contribution >= 4 is 16.1 Å². The molecule has 8 heteroatoms. The van der Waals surface area contributed by atoms with E-state index in [1.807, 2.05) is 23.3 Å². The standard InChI is InChI=1S/C27H41N3O4S/c1-4-21-7-8-23(31)15-24(21)26-9-10-30(18-20-5-6-20)19(2)27(26,33)17-22(16-26)25(32)29-11-13-35(3,28-34)14-12-29/h7-8,15,19-20,22,31,33H,4-6,9-14,16-18H2,1-3H3. The van der Waals surface area contributed by atoms with Crippen molar-refractivity contribution in [1.82, 2.24) is 9.80 Å². The zero-order chi connectivity index (χ0) is 25.0. The first-order chi connectivity index (χ1) is 16.6. The molecule has 1 aromatic carbocycles. The second kappa shape index (κ2) is 9.03. The fraction of sp³-hybridized carbons (Fsp3) is 0.741. The molecular formula is C27H41N3O4S. The van der Waals surface area contributed by atoms with E-state index in [0.717, 1.165) is 43.0 Å². The van der Waals surface area contributed by atoms with Gasteiger partial charge in [-0.1, -0.05) is 13.0 Å². The number of fused-ring (bicyclic) bond motifs is 1. The molecule has 4 unspecified atom stereocenters. The highest BCUT2D eigenvalue weighted by Crippen LogP contribution is 2.59. The summed E-state index contributed by atoms with van der Waals surface area (Å²) in [6.45, 7) is 7.33. The third kappa shape index (κ3) is 4.19. The maximum absolute atomic E-state index is 13.8. The van der Waals surface area contributed by atoms with Gasteiger partial charge in [0.25, 0.3) is 0 Å². The number of hydrogen-bond donors (Lipinski definition) is 2. The molecule has 2 heterocycles. The van der Waals surface area contributed by atoms with Gasteiger partial charge in [0.15, 0.2) is 0 Å². The number of benzene rings is 1. The van der Waals surface area contributed by atoms with E-state index in [0.29, 0.717) is 37.4 Å². The van der Waals surface area contributed by atoms with Crippen molar-refractivity contribution in [3.8, 4) is 5.75 Å². The Hall–Kier alpha value is -1.64. The second-order valence-electron chi connectivity index (χ2n) is 11.7. The summed E-state index contributed by atoms with van der Waals surface area (Å²) in [4.78, 5) is 29.5. The highest BCUT2D eigenvalue weighted by Gasteiger charge is 2.65. The summed E-state index contributed by atoms with van der Waals surface area (Å²) >= 11 is 0. The largest absolute Gasteiger partial charge is 0.508 e. The van der Waals surface area contributed by atoms with Crippen molar-refractivity contribution < 1.29 is 15.0 Å². The summed E-state index contributed by atoms with van der Waals surface area (Å²) in [5, 5.41) is 23.1. The van der Waals surface area contributed by atoms with Crippen LogP contribution in [0.5, 0.6) is 5.75 Å². The number of hydrogen-bond acceptors (Lipinski definition) is 6. The van der Waals surface area contributed by atoms with Gasteiger partial charge in [0.05, 0.1) is 5.60 Å². The normalized spacial score (nSPS) is 35.9. The van der Waals surface area contributed by atoms with Gasteiger partial charge in [0.2, 0.25) is 5.91 Å². The first kappa shape index (κ1) is 25.0. The summed E-state index contributed by atoms with van der Waals surface area (Å²) in [7, 11) is -1.50. The molecular weight excluding hydrogens is 462 g/mol. The van der Waals surface area contributed by atoms with Crippen LogP contribution in [0.25, 0.3) is 0 Å². The summed E-state index contributed by atoms with van der Waals surface area (Å²) in [5.74, 6) is 2.13. The molecule has 194 valence electrons. The lowest BCUT2D eigenvalue weighted by atomic mass is 9.60. The van der Waals surface area contributed by atoms with Crippen molar-refractivity contribution in [2.24, 2.45) is 16.4 Å². The van der Waals surface area contributed by atoms with Gasteiger partial charge in [-0.25, -0.2) is 0 Å². The summed E-state index contributed by atoms with van der Waals surface area (Å²) in [5.41, 5.74) is 0.567. The number of phenolic OH excluding ortho intramolecular Hbond substituents is 1. The van der Waals surface area contributed by atoms with Crippen molar-refractivity contribution in [1.29, 1.82) is 0 Å². The van der Waals surface area contributed by atoms with Gasteiger partial charge >= 0.3 is 0 Å². The number of likely N-dealkylation sites (tertiary alicyclic amines) is 1. The minimum atomic E-state index is -1.50. The summed E-state index contributed by atoms with van der Waals surface area (Å²) in [6.07, 6.45) is 7.15. The summed E-state index contributed by atoms with van der Waals surface area (Å²) < 4.78 is 3.39. The Morgan fingerprint density at radius 2 is 1.91 bits per heavy atom. The third-order valence-corrected chi connectivity index (χ3v) is 12.2. The lowest BCUT2D eigenvalue weighted by Gasteiger charge is -2.55. The predicted molar refractivity (Wildman–Crippen MR) is 141 cm³/mol. The maximum atomic E-state index is 13.8. The van der Waals surface area contributed by atoms with Crippen LogP contribution in [-0.2, 0) is 16.6 Å². The number of nitrogens with zero attached hydrogens (tertiary/aromatic N) is 3. The van der Waals surface area contributed by atoms with E-state index in [4.69, 9.17) is 0 Å². The number of aliphatic hydroxyl groups is 1. The van der Waals surface area contributed by atoms with Crippen LogP contribution in [0.3, 0.4) is 0 Å². The molecule has 0 radical (unpaired) electrons. The smallest absolute Gasteiger partial charge is 0.225 e. The van der Waals surface area contributed by atoms with Crippen LogP contribution in [0, 0.1) is 16.7 Å². The average molecular weight is 504 g/mol. The Morgan fingerprint density at radius 3 is 2.54 bits per heavy atom. The molecule has 5 rings (SSSR count). The molecule has 2 aliphatic carbocycles. The van der Waals surface area contributed by atoms with Crippen LogP contribution in [0.15, 0.2) is 22.8 Å². The highest BCUT2D eigenvalue weighted by molar-refractivity contribution is 8.32. The van der Waals surface area contributed by atoms with E-state index in [2.05, 4.69) is 23.3 Å². The van der Waals surface area contributed by atoms with Crippen molar-refractivity contribution in [2.75, 3.05) is 43.9 Å². The molecule has 0 aromatic heterocycles. The Labute approximate surface area is 210 Å². The van der Waals surface area contributed by atoms with Gasteiger partial charge in [-0.3, -0.25) is 9.69 Å². The summed E-state index contributed by atoms with van der Waals surface area (Å²) in [6, 6.07) is 5.51. The second-order valence-corrected chi connectivity index (χ2v) is 15.1. The molecule has 4 atom stereocenters. The Bertz CT molecular complexity index is 993.